The lowest BCUT2D eigenvalue weighted by Crippen LogP contribution is -2.34. The summed E-state index contributed by atoms with van der Waals surface area (Å²) < 4.78 is 21.6. The molecular formula is C15H18ClFN2O. The molecule has 1 unspecified atom stereocenters. The zero-order valence-corrected chi connectivity index (χ0v) is 12.4. The average Bonchev–Trinajstić information content (AvgIpc) is 2.74. The van der Waals surface area contributed by atoms with Crippen LogP contribution in [0.5, 0.6) is 0 Å². The number of benzene rings is 1. The van der Waals surface area contributed by atoms with Crippen molar-refractivity contribution in [2.45, 2.75) is 44.2 Å². The zero-order valence-electron chi connectivity index (χ0n) is 11.6. The first-order valence-electron chi connectivity index (χ1n) is 7.03. The first kappa shape index (κ1) is 13.8. The van der Waals surface area contributed by atoms with Gasteiger partial charge in [-0.05, 0) is 38.8 Å². The molecule has 1 atom stereocenters. The summed E-state index contributed by atoms with van der Waals surface area (Å²) in [6.45, 7) is 4.60. The summed E-state index contributed by atoms with van der Waals surface area (Å²) in [5.41, 5.74) is 1.24. The summed E-state index contributed by atoms with van der Waals surface area (Å²) in [6, 6.07) is 5.36. The number of para-hydroxylation sites is 1. The fraction of sp³-hybridized carbons (Fsp3) is 0.533. The predicted octanol–water partition coefficient (Wildman–Crippen LogP) is 4.22. The lowest BCUT2D eigenvalue weighted by atomic mass is 9.88. The summed E-state index contributed by atoms with van der Waals surface area (Å²) >= 11 is 6.22. The highest BCUT2D eigenvalue weighted by atomic mass is 35.5. The van der Waals surface area contributed by atoms with E-state index in [-0.39, 0.29) is 11.2 Å². The van der Waals surface area contributed by atoms with Gasteiger partial charge in [-0.25, -0.2) is 9.37 Å². The fourth-order valence-corrected chi connectivity index (χ4v) is 3.04. The SMILES string of the molecule is CCOC1CC(n2c(C(C)Cl)nc3c(F)cccc32)C1. The van der Waals surface area contributed by atoms with Crippen LogP contribution in [0.3, 0.4) is 0 Å². The molecule has 2 aromatic rings. The smallest absolute Gasteiger partial charge is 0.151 e. The van der Waals surface area contributed by atoms with Crippen molar-refractivity contribution in [3.63, 3.8) is 0 Å². The Balaban J connectivity index is 2.01. The summed E-state index contributed by atoms with van der Waals surface area (Å²) in [5.74, 6) is 0.451. The Morgan fingerprint density at radius 1 is 1.50 bits per heavy atom. The molecule has 0 radical (unpaired) electrons. The highest BCUT2D eigenvalue weighted by Crippen LogP contribution is 2.40. The van der Waals surface area contributed by atoms with Gasteiger partial charge in [-0.3, -0.25) is 0 Å². The van der Waals surface area contributed by atoms with Crippen LogP contribution in [0.25, 0.3) is 11.0 Å². The van der Waals surface area contributed by atoms with Crippen molar-refractivity contribution >= 4 is 22.6 Å². The first-order valence-corrected chi connectivity index (χ1v) is 7.47. The topological polar surface area (TPSA) is 27.1 Å². The molecule has 20 heavy (non-hydrogen) atoms. The van der Waals surface area contributed by atoms with Gasteiger partial charge < -0.3 is 9.30 Å². The van der Waals surface area contributed by atoms with Crippen molar-refractivity contribution in [3.8, 4) is 0 Å². The lowest BCUT2D eigenvalue weighted by molar-refractivity contribution is -0.0193. The van der Waals surface area contributed by atoms with E-state index < -0.39 is 0 Å². The van der Waals surface area contributed by atoms with Crippen molar-refractivity contribution < 1.29 is 9.13 Å². The number of nitrogens with zero attached hydrogens (tertiary/aromatic N) is 2. The molecule has 1 aromatic carbocycles. The molecule has 0 N–H and O–H groups in total. The number of rotatable bonds is 4. The Morgan fingerprint density at radius 3 is 2.90 bits per heavy atom. The fourth-order valence-electron chi connectivity index (χ4n) is 2.89. The molecule has 1 fully saturated rings. The van der Waals surface area contributed by atoms with Crippen LogP contribution in [0.4, 0.5) is 4.39 Å². The molecule has 1 aliphatic carbocycles. The third kappa shape index (κ3) is 2.21. The van der Waals surface area contributed by atoms with Gasteiger partial charge in [-0.15, -0.1) is 11.6 Å². The summed E-state index contributed by atoms with van der Waals surface area (Å²) in [4.78, 5) is 4.40. The predicted molar refractivity (Wildman–Crippen MR) is 77.6 cm³/mol. The lowest BCUT2D eigenvalue weighted by Gasteiger charge is -2.37. The van der Waals surface area contributed by atoms with Gasteiger partial charge in [0, 0.05) is 12.6 Å². The molecule has 0 bridgehead atoms. The number of ether oxygens (including phenoxy) is 1. The molecule has 1 aliphatic rings. The maximum absolute atomic E-state index is 13.9. The minimum atomic E-state index is -0.291. The molecule has 0 aliphatic heterocycles. The Labute approximate surface area is 122 Å². The number of hydrogen-bond acceptors (Lipinski definition) is 2. The molecule has 1 aromatic heterocycles. The van der Waals surface area contributed by atoms with Crippen molar-refractivity contribution in [2.24, 2.45) is 0 Å². The summed E-state index contributed by atoms with van der Waals surface area (Å²) in [6.07, 6.45) is 2.17. The molecule has 0 saturated heterocycles. The Hall–Kier alpha value is -1.13. The van der Waals surface area contributed by atoms with Gasteiger partial charge in [0.2, 0.25) is 0 Å². The third-order valence-electron chi connectivity index (χ3n) is 3.89. The maximum atomic E-state index is 13.9. The van der Waals surface area contributed by atoms with Gasteiger partial charge in [0.15, 0.2) is 5.82 Å². The van der Waals surface area contributed by atoms with Crippen LogP contribution in [0, 0.1) is 5.82 Å². The molecule has 1 saturated carbocycles. The van der Waals surface area contributed by atoms with Crippen molar-refractivity contribution in [3.05, 3.63) is 29.8 Å². The van der Waals surface area contributed by atoms with E-state index in [4.69, 9.17) is 16.3 Å². The van der Waals surface area contributed by atoms with E-state index in [1.165, 1.54) is 6.07 Å². The number of imidazole rings is 1. The van der Waals surface area contributed by atoms with E-state index in [0.717, 1.165) is 30.8 Å². The van der Waals surface area contributed by atoms with E-state index in [1.807, 2.05) is 19.9 Å². The number of aromatic nitrogens is 2. The number of hydrogen-bond donors (Lipinski definition) is 0. The van der Waals surface area contributed by atoms with Gasteiger partial charge in [0.25, 0.3) is 0 Å². The Morgan fingerprint density at radius 2 is 2.25 bits per heavy atom. The van der Waals surface area contributed by atoms with Crippen LogP contribution >= 0.6 is 11.6 Å². The minimum absolute atomic E-state index is 0.243. The van der Waals surface area contributed by atoms with Gasteiger partial charge >= 0.3 is 0 Å². The molecule has 1 heterocycles. The van der Waals surface area contributed by atoms with E-state index in [1.54, 1.807) is 6.07 Å². The molecule has 5 heteroatoms. The molecule has 108 valence electrons. The van der Waals surface area contributed by atoms with E-state index in [0.29, 0.717) is 17.7 Å². The summed E-state index contributed by atoms with van der Waals surface area (Å²) in [5, 5.41) is -0.243. The van der Waals surface area contributed by atoms with Gasteiger partial charge in [0.05, 0.1) is 17.0 Å². The molecule has 0 amide bonds. The van der Waals surface area contributed by atoms with Crippen LogP contribution in [0.2, 0.25) is 0 Å². The first-order chi connectivity index (χ1) is 9.61. The standard InChI is InChI=1S/C15H18ClFN2O/c1-3-20-11-7-10(8-11)19-13-6-4-5-12(17)14(13)18-15(19)9(2)16/h4-6,9-11H,3,7-8H2,1-2H3. The van der Waals surface area contributed by atoms with Crippen LogP contribution in [0.15, 0.2) is 18.2 Å². The highest BCUT2D eigenvalue weighted by Gasteiger charge is 2.34. The van der Waals surface area contributed by atoms with Gasteiger partial charge in [-0.2, -0.15) is 0 Å². The molecular weight excluding hydrogens is 279 g/mol. The van der Waals surface area contributed by atoms with Crippen molar-refractivity contribution in [1.29, 1.82) is 0 Å². The van der Waals surface area contributed by atoms with E-state index >= 15 is 0 Å². The quantitative estimate of drug-likeness (QED) is 0.790. The average molecular weight is 297 g/mol. The molecule has 3 nitrogen and oxygen atoms in total. The number of halogens is 2. The second-order valence-electron chi connectivity index (χ2n) is 5.27. The highest BCUT2D eigenvalue weighted by molar-refractivity contribution is 6.20. The largest absolute Gasteiger partial charge is 0.378 e. The maximum Gasteiger partial charge on any atom is 0.151 e. The monoisotopic (exact) mass is 296 g/mol. The Kier molecular flexibility index (Phi) is 3.69. The third-order valence-corrected chi connectivity index (χ3v) is 4.09. The van der Waals surface area contributed by atoms with Crippen LogP contribution < -0.4 is 0 Å². The van der Waals surface area contributed by atoms with E-state index in [9.17, 15) is 4.39 Å². The number of fused-ring (bicyclic) bond motifs is 1. The van der Waals surface area contributed by atoms with Crippen LogP contribution in [-0.4, -0.2) is 22.3 Å². The number of alkyl halides is 1. The normalized spacial score (nSPS) is 23.8. The molecule has 0 spiro atoms. The van der Waals surface area contributed by atoms with Gasteiger partial charge in [0.1, 0.15) is 11.3 Å². The summed E-state index contributed by atoms with van der Waals surface area (Å²) in [7, 11) is 0. The zero-order chi connectivity index (χ0) is 14.3. The van der Waals surface area contributed by atoms with Crippen molar-refractivity contribution in [2.75, 3.05) is 6.61 Å². The Bertz CT molecular complexity index is 620. The second kappa shape index (κ2) is 5.34. The van der Waals surface area contributed by atoms with Crippen molar-refractivity contribution in [1.82, 2.24) is 9.55 Å². The van der Waals surface area contributed by atoms with Crippen LogP contribution in [-0.2, 0) is 4.74 Å². The minimum Gasteiger partial charge on any atom is -0.378 e. The molecule has 3 rings (SSSR count). The van der Waals surface area contributed by atoms with Gasteiger partial charge in [-0.1, -0.05) is 6.07 Å². The second-order valence-corrected chi connectivity index (χ2v) is 5.92. The van der Waals surface area contributed by atoms with E-state index in [2.05, 4.69) is 9.55 Å². The van der Waals surface area contributed by atoms with Crippen LogP contribution in [0.1, 0.15) is 43.9 Å².